The van der Waals surface area contributed by atoms with E-state index in [1.165, 1.54) is 11.3 Å². The first-order chi connectivity index (χ1) is 10.8. The molecule has 0 aliphatic rings. The molecule has 0 bridgehead atoms. The summed E-state index contributed by atoms with van der Waals surface area (Å²) in [4.78, 5) is 30.4. The first-order valence-corrected chi connectivity index (χ1v) is 9.17. The lowest BCUT2D eigenvalue weighted by atomic mass is 9.91. The van der Waals surface area contributed by atoms with Gasteiger partial charge in [0.1, 0.15) is 0 Å². The van der Waals surface area contributed by atoms with Crippen LogP contribution >= 0.6 is 11.3 Å². The summed E-state index contributed by atoms with van der Waals surface area (Å²) in [7, 11) is 0. The molecule has 0 saturated carbocycles. The van der Waals surface area contributed by atoms with E-state index in [4.69, 9.17) is 0 Å². The van der Waals surface area contributed by atoms with Gasteiger partial charge in [-0.25, -0.2) is 4.98 Å². The second kappa shape index (κ2) is 9.65. The number of hydrogen-bond acceptors (Lipinski definition) is 4. The van der Waals surface area contributed by atoms with E-state index < -0.39 is 0 Å². The predicted octanol–water partition coefficient (Wildman–Crippen LogP) is 3.93. The maximum atomic E-state index is 12.5. The summed E-state index contributed by atoms with van der Waals surface area (Å²) in [6.07, 6.45) is 6.43. The van der Waals surface area contributed by atoms with Gasteiger partial charge in [-0.15, -0.1) is 11.3 Å². The lowest BCUT2D eigenvalue weighted by molar-refractivity contribution is -0.136. The van der Waals surface area contributed by atoms with Crippen molar-refractivity contribution in [3.8, 4) is 0 Å². The van der Waals surface area contributed by atoms with Crippen LogP contribution in [-0.2, 0) is 9.59 Å². The summed E-state index contributed by atoms with van der Waals surface area (Å²) in [5, 5.41) is 5.13. The third-order valence-corrected chi connectivity index (χ3v) is 4.02. The number of carbonyl (C=O) groups is 2. The minimum Gasteiger partial charge on any atom is -0.333 e. The van der Waals surface area contributed by atoms with Crippen molar-refractivity contribution in [3.63, 3.8) is 0 Å². The second-order valence-corrected chi connectivity index (χ2v) is 7.89. The molecule has 2 amide bonds. The van der Waals surface area contributed by atoms with Crippen LogP contribution in [-0.4, -0.2) is 34.8 Å². The van der Waals surface area contributed by atoms with Crippen LogP contribution in [0.1, 0.15) is 59.8 Å². The van der Waals surface area contributed by atoms with Crippen molar-refractivity contribution >= 4 is 28.3 Å². The standard InChI is InChI=1S/C17H29N3O2S/c1-5-6-7-8-10-20(15(22)12-17(2,3)4)13-14(21)19-16-18-9-11-23-16/h9,11H,5-8,10,12-13H2,1-4H3,(H,18,19,21). The second-order valence-electron chi connectivity index (χ2n) is 7.00. The molecule has 0 unspecified atom stereocenters. The molecule has 1 aromatic rings. The molecule has 1 N–H and O–H groups in total. The Balaban J connectivity index is 2.58. The summed E-state index contributed by atoms with van der Waals surface area (Å²) in [5.74, 6) is -0.138. The van der Waals surface area contributed by atoms with Gasteiger partial charge in [-0.3, -0.25) is 9.59 Å². The van der Waals surface area contributed by atoms with Gasteiger partial charge in [-0.05, 0) is 11.8 Å². The fourth-order valence-corrected chi connectivity index (χ4v) is 2.75. The number of nitrogens with zero attached hydrogens (tertiary/aromatic N) is 2. The van der Waals surface area contributed by atoms with Crippen molar-refractivity contribution in [2.75, 3.05) is 18.4 Å². The summed E-state index contributed by atoms with van der Waals surface area (Å²) in [5.41, 5.74) is -0.0788. The van der Waals surface area contributed by atoms with Crippen LogP contribution in [0, 0.1) is 5.41 Å². The summed E-state index contributed by atoms with van der Waals surface area (Å²) >= 11 is 1.37. The first kappa shape index (κ1) is 19.6. The maximum Gasteiger partial charge on any atom is 0.245 e. The average Bonchev–Trinajstić information content (AvgIpc) is 2.93. The largest absolute Gasteiger partial charge is 0.333 e. The van der Waals surface area contributed by atoms with Gasteiger partial charge in [0.2, 0.25) is 11.8 Å². The van der Waals surface area contributed by atoms with Crippen molar-refractivity contribution in [2.24, 2.45) is 5.41 Å². The monoisotopic (exact) mass is 339 g/mol. The van der Waals surface area contributed by atoms with Gasteiger partial charge < -0.3 is 10.2 Å². The molecule has 1 heterocycles. The third kappa shape index (κ3) is 8.69. The molecule has 0 aromatic carbocycles. The van der Waals surface area contributed by atoms with Gasteiger partial charge >= 0.3 is 0 Å². The molecular formula is C17H29N3O2S. The van der Waals surface area contributed by atoms with Crippen LogP contribution in [0.25, 0.3) is 0 Å². The molecule has 0 saturated heterocycles. The first-order valence-electron chi connectivity index (χ1n) is 8.29. The zero-order valence-corrected chi connectivity index (χ0v) is 15.5. The minimum absolute atomic E-state index is 0.0447. The maximum absolute atomic E-state index is 12.5. The van der Waals surface area contributed by atoms with Crippen LogP contribution < -0.4 is 5.32 Å². The van der Waals surface area contributed by atoms with Gasteiger partial charge in [0.25, 0.3) is 0 Å². The molecule has 0 spiro atoms. The Labute approximate surface area is 143 Å². The Kier molecular flexibility index (Phi) is 8.23. The lowest BCUT2D eigenvalue weighted by Gasteiger charge is -2.26. The fraction of sp³-hybridized carbons (Fsp3) is 0.706. The summed E-state index contributed by atoms with van der Waals surface area (Å²) in [6.45, 7) is 9.01. The SMILES string of the molecule is CCCCCCN(CC(=O)Nc1nccs1)C(=O)CC(C)(C)C. The van der Waals surface area contributed by atoms with Gasteiger partial charge in [0, 0.05) is 24.5 Å². The van der Waals surface area contributed by atoms with Crippen LogP contribution in [0.3, 0.4) is 0 Å². The number of carbonyl (C=O) groups excluding carboxylic acids is 2. The molecule has 6 heteroatoms. The normalized spacial score (nSPS) is 11.3. The molecule has 130 valence electrons. The molecule has 1 aromatic heterocycles. The number of aromatic nitrogens is 1. The van der Waals surface area contributed by atoms with E-state index in [2.05, 4.69) is 17.2 Å². The fourth-order valence-electron chi connectivity index (χ4n) is 2.20. The molecule has 5 nitrogen and oxygen atoms in total. The van der Waals surface area contributed by atoms with Crippen LogP contribution in [0.15, 0.2) is 11.6 Å². The minimum atomic E-state index is -0.183. The number of hydrogen-bond donors (Lipinski definition) is 1. The van der Waals surface area contributed by atoms with Gasteiger partial charge in [0.05, 0.1) is 6.54 Å². The highest BCUT2D eigenvalue weighted by atomic mass is 32.1. The van der Waals surface area contributed by atoms with Crippen molar-refractivity contribution in [1.29, 1.82) is 0 Å². The number of anilines is 1. The molecule has 23 heavy (non-hydrogen) atoms. The lowest BCUT2D eigenvalue weighted by Crippen LogP contribution is -2.40. The van der Waals surface area contributed by atoms with Crippen molar-refractivity contribution in [1.82, 2.24) is 9.88 Å². The number of rotatable bonds is 9. The number of unbranched alkanes of at least 4 members (excludes halogenated alkanes) is 3. The average molecular weight is 340 g/mol. The van der Waals surface area contributed by atoms with E-state index in [0.29, 0.717) is 18.1 Å². The molecule has 0 radical (unpaired) electrons. The van der Waals surface area contributed by atoms with Crippen LogP contribution in [0.5, 0.6) is 0 Å². The molecule has 1 rings (SSSR count). The highest BCUT2D eigenvalue weighted by Gasteiger charge is 2.22. The molecule has 0 aliphatic carbocycles. The van der Waals surface area contributed by atoms with Crippen LogP contribution in [0.4, 0.5) is 5.13 Å². The van der Waals surface area contributed by atoms with Crippen molar-refractivity contribution in [2.45, 2.75) is 59.8 Å². The number of nitrogens with one attached hydrogen (secondary N) is 1. The number of amides is 2. The molecule has 0 atom stereocenters. The highest BCUT2D eigenvalue weighted by molar-refractivity contribution is 7.13. The Hall–Kier alpha value is -1.43. The van der Waals surface area contributed by atoms with E-state index in [9.17, 15) is 9.59 Å². The molecular weight excluding hydrogens is 310 g/mol. The smallest absolute Gasteiger partial charge is 0.245 e. The summed E-state index contributed by atoms with van der Waals surface area (Å²) < 4.78 is 0. The Morgan fingerprint density at radius 2 is 2.00 bits per heavy atom. The van der Waals surface area contributed by atoms with E-state index >= 15 is 0 Å². The van der Waals surface area contributed by atoms with Crippen molar-refractivity contribution in [3.05, 3.63) is 11.6 Å². The Morgan fingerprint density at radius 1 is 1.26 bits per heavy atom. The Bertz CT molecular complexity index is 481. The molecule has 0 fully saturated rings. The third-order valence-electron chi connectivity index (χ3n) is 3.33. The molecule has 0 aliphatic heterocycles. The van der Waals surface area contributed by atoms with Gasteiger partial charge in [0.15, 0.2) is 5.13 Å². The van der Waals surface area contributed by atoms with Crippen LogP contribution in [0.2, 0.25) is 0 Å². The van der Waals surface area contributed by atoms with Gasteiger partial charge in [-0.2, -0.15) is 0 Å². The van der Waals surface area contributed by atoms with Crippen molar-refractivity contribution < 1.29 is 9.59 Å². The highest BCUT2D eigenvalue weighted by Crippen LogP contribution is 2.20. The topological polar surface area (TPSA) is 62.3 Å². The summed E-state index contributed by atoms with van der Waals surface area (Å²) in [6, 6.07) is 0. The van der Waals surface area contributed by atoms with E-state index in [1.54, 1.807) is 11.1 Å². The van der Waals surface area contributed by atoms with E-state index in [0.717, 1.165) is 25.7 Å². The predicted molar refractivity (Wildman–Crippen MR) is 95.5 cm³/mol. The van der Waals surface area contributed by atoms with E-state index in [1.807, 2.05) is 26.2 Å². The van der Waals surface area contributed by atoms with Gasteiger partial charge in [-0.1, -0.05) is 47.0 Å². The zero-order chi connectivity index (χ0) is 17.3. The van der Waals surface area contributed by atoms with E-state index in [-0.39, 0.29) is 23.8 Å². The number of thiazole rings is 1. The quantitative estimate of drug-likeness (QED) is 0.693. The zero-order valence-electron chi connectivity index (χ0n) is 14.7. The Morgan fingerprint density at radius 3 is 2.57 bits per heavy atom.